The molecule has 0 aliphatic rings. The van der Waals surface area contributed by atoms with E-state index in [1.54, 1.807) is 0 Å². The molecule has 0 aliphatic heterocycles. The fourth-order valence-corrected chi connectivity index (χ4v) is 12.5. The van der Waals surface area contributed by atoms with Gasteiger partial charge in [0.25, 0.3) is 0 Å². The van der Waals surface area contributed by atoms with Crippen LogP contribution >= 0.6 is 15.6 Å². The zero-order valence-electron chi connectivity index (χ0n) is 59.3. The minimum atomic E-state index is -4.95. The lowest BCUT2D eigenvalue weighted by Crippen LogP contribution is -2.30. The molecule has 0 spiro atoms. The van der Waals surface area contributed by atoms with Crippen molar-refractivity contribution in [2.75, 3.05) is 39.6 Å². The number of phosphoric acid groups is 2. The second-order valence-corrected chi connectivity index (χ2v) is 30.3. The third-order valence-corrected chi connectivity index (χ3v) is 18.5. The molecular weight excluding hydrogens is 1200 g/mol. The maximum absolute atomic E-state index is 13.0. The predicted octanol–water partition coefficient (Wildman–Crippen LogP) is 20.6. The van der Waals surface area contributed by atoms with E-state index in [0.29, 0.717) is 25.7 Å². The Morgan fingerprint density at radius 1 is 0.297 bits per heavy atom. The summed E-state index contributed by atoms with van der Waals surface area (Å²) in [5, 5.41) is 10.6. The molecule has 19 heteroatoms. The third kappa shape index (κ3) is 66.5. The highest BCUT2D eigenvalue weighted by molar-refractivity contribution is 7.47. The van der Waals surface area contributed by atoms with Crippen molar-refractivity contribution in [1.29, 1.82) is 0 Å². The summed E-state index contributed by atoms with van der Waals surface area (Å²) in [7, 11) is -9.90. The van der Waals surface area contributed by atoms with Gasteiger partial charge in [0, 0.05) is 25.7 Å². The molecule has 0 saturated carbocycles. The monoisotopic (exact) mass is 1340 g/mol. The van der Waals surface area contributed by atoms with Crippen LogP contribution in [0.25, 0.3) is 0 Å². The van der Waals surface area contributed by atoms with Gasteiger partial charge in [-0.3, -0.25) is 37.3 Å². The van der Waals surface area contributed by atoms with Gasteiger partial charge in [0.2, 0.25) is 0 Å². The average Bonchev–Trinajstić information content (AvgIpc) is 2.19. The number of carbonyl (C=O) groups is 4. The summed E-state index contributed by atoms with van der Waals surface area (Å²) < 4.78 is 68.4. The molecule has 0 aromatic carbocycles. The number of aliphatic hydroxyl groups is 1. The molecule has 0 bridgehead atoms. The number of hydrogen-bond acceptors (Lipinski definition) is 15. The highest BCUT2D eigenvalue weighted by atomic mass is 31.2. The largest absolute Gasteiger partial charge is 0.472 e. The van der Waals surface area contributed by atoms with Crippen LogP contribution in [0.15, 0.2) is 0 Å². The molecule has 0 rings (SSSR count). The molecule has 0 radical (unpaired) electrons. The quantitative estimate of drug-likeness (QED) is 0.0222. The Balaban J connectivity index is 5.25. The molecule has 0 heterocycles. The zero-order chi connectivity index (χ0) is 67.3. The maximum Gasteiger partial charge on any atom is 0.472 e. The summed E-state index contributed by atoms with van der Waals surface area (Å²) in [6.07, 6.45) is 47.1. The SMILES string of the molecule is CCCCCCCCCCCCCCC(=O)O[C@H](COC(=O)CCCCCCCCCCC(C)C)COP(=O)(O)OC[C@H](O)COP(=O)(O)OC[C@@H](COC(=O)CCCCCCCCCCCC(C)C)OC(=O)CCCCCCCCCCCCCCCC(C)C. The van der Waals surface area contributed by atoms with Gasteiger partial charge in [-0.1, -0.05) is 312 Å². The molecular formula is C72H140O17P2. The summed E-state index contributed by atoms with van der Waals surface area (Å²) in [4.78, 5) is 72.6. The van der Waals surface area contributed by atoms with Crippen LogP contribution in [-0.4, -0.2) is 96.7 Å². The van der Waals surface area contributed by atoms with Gasteiger partial charge in [-0.25, -0.2) is 9.13 Å². The number of carbonyl (C=O) groups excluding carboxylic acids is 4. The van der Waals surface area contributed by atoms with E-state index in [9.17, 15) is 43.2 Å². The highest BCUT2D eigenvalue weighted by Gasteiger charge is 2.30. The molecule has 0 aromatic heterocycles. The average molecular weight is 1340 g/mol. The van der Waals surface area contributed by atoms with E-state index in [-0.39, 0.29) is 25.7 Å². The fraction of sp³-hybridized carbons (Fsp3) is 0.944. The first-order valence-electron chi connectivity index (χ1n) is 37.3. The molecule has 0 amide bonds. The summed E-state index contributed by atoms with van der Waals surface area (Å²) in [6.45, 7) is 11.8. The first kappa shape index (κ1) is 89.1. The summed E-state index contributed by atoms with van der Waals surface area (Å²) in [6, 6.07) is 0. The van der Waals surface area contributed by atoms with Gasteiger partial charge < -0.3 is 33.8 Å². The Hall–Kier alpha value is -1.94. The second-order valence-electron chi connectivity index (χ2n) is 27.4. The normalized spacial score (nSPS) is 14.2. The minimum Gasteiger partial charge on any atom is -0.462 e. The first-order chi connectivity index (χ1) is 43.7. The molecule has 0 fully saturated rings. The number of esters is 4. The van der Waals surface area contributed by atoms with Crippen LogP contribution < -0.4 is 0 Å². The van der Waals surface area contributed by atoms with Crippen LogP contribution in [0.4, 0.5) is 0 Å². The molecule has 91 heavy (non-hydrogen) atoms. The standard InChI is InChI=1S/C72H140O17P2/c1-8-9-10-11-12-13-14-19-24-34-41-48-55-71(76)89-68(60-83-70(75)54-47-40-33-28-27-31-38-45-52-65(6)7)62-87-91(80,81)85-58-66(73)57-84-90(78,79)86-61-67(59-82-69(74)53-46-39-32-26-21-23-30-37-44-51-64(4)5)88-72(77)56-49-42-35-25-20-17-15-16-18-22-29-36-43-50-63(2)3/h63-68,73H,8-62H2,1-7H3,(H,78,79)(H,80,81)/t66-,67-,68-/m1/s1. The lowest BCUT2D eigenvalue weighted by atomic mass is 10.0. The fourth-order valence-electron chi connectivity index (χ4n) is 10.9. The predicted molar refractivity (Wildman–Crippen MR) is 368 cm³/mol. The Bertz CT molecular complexity index is 1780. The Morgan fingerprint density at radius 3 is 0.747 bits per heavy atom. The number of phosphoric ester groups is 2. The Morgan fingerprint density at radius 2 is 0.505 bits per heavy atom. The van der Waals surface area contributed by atoms with Crippen LogP contribution in [-0.2, 0) is 65.4 Å². The molecule has 3 N–H and O–H groups in total. The van der Waals surface area contributed by atoms with E-state index in [1.165, 1.54) is 173 Å². The Kier molecular flexibility index (Phi) is 61.5. The van der Waals surface area contributed by atoms with Crippen LogP contribution in [0.3, 0.4) is 0 Å². The van der Waals surface area contributed by atoms with Crippen molar-refractivity contribution in [3.63, 3.8) is 0 Å². The lowest BCUT2D eigenvalue weighted by Gasteiger charge is -2.21. The van der Waals surface area contributed by atoms with E-state index < -0.39 is 97.5 Å². The van der Waals surface area contributed by atoms with Crippen molar-refractivity contribution in [1.82, 2.24) is 0 Å². The Labute approximate surface area is 556 Å². The molecule has 0 aromatic rings. The van der Waals surface area contributed by atoms with E-state index in [2.05, 4.69) is 48.5 Å². The number of unbranched alkanes of at least 4 members (excludes halogenated alkanes) is 38. The molecule has 0 aliphatic carbocycles. The van der Waals surface area contributed by atoms with Crippen LogP contribution in [0.2, 0.25) is 0 Å². The van der Waals surface area contributed by atoms with E-state index in [1.807, 2.05) is 0 Å². The smallest absolute Gasteiger partial charge is 0.462 e. The summed E-state index contributed by atoms with van der Waals surface area (Å²) in [5.74, 6) is 0.134. The molecule has 5 atom stereocenters. The van der Waals surface area contributed by atoms with E-state index >= 15 is 0 Å². The third-order valence-electron chi connectivity index (χ3n) is 16.6. The van der Waals surface area contributed by atoms with Gasteiger partial charge in [0.15, 0.2) is 12.2 Å². The van der Waals surface area contributed by atoms with Crippen molar-refractivity contribution in [2.45, 2.75) is 381 Å². The van der Waals surface area contributed by atoms with Crippen LogP contribution in [0.5, 0.6) is 0 Å². The number of rotatable bonds is 70. The van der Waals surface area contributed by atoms with E-state index in [0.717, 1.165) is 108 Å². The first-order valence-corrected chi connectivity index (χ1v) is 40.3. The van der Waals surface area contributed by atoms with Gasteiger partial charge in [-0.05, 0) is 43.4 Å². The maximum atomic E-state index is 13.0. The second kappa shape index (κ2) is 62.8. The van der Waals surface area contributed by atoms with Crippen molar-refractivity contribution in [2.24, 2.45) is 17.8 Å². The number of hydrogen-bond donors (Lipinski definition) is 3. The van der Waals surface area contributed by atoms with Crippen molar-refractivity contribution in [3.8, 4) is 0 Å². The van der Waals surface area contributed by atoms with E-state index in [4.69, 9.17) is 37.0 Å². The minimum absolute atomic E-state index is 0.106. The number of aliphatic hydroxyl groups excluding tert-OH is 1. The van der Waals surface area contributed by atoms with Crippen LogP contribution in [0.1, 0.15) is 363 Å². The molecule has 0 saturated heterocycles. The molecule has 540 valence electrons. The summed E-state index contributed by atoms with van der Waals surface area (Å²) >= 11 is 0. The zero-order valence-corrected chi connectivity index (χ0v) is 61.1. The van der Waals surface area contributed by atoms with Gasteiger partial charge in [-0.2, -0.15) is 0 Å². The topological polar surface area (TPSA) is 237 Å². The van der Waals surface area contributed by atoms with Crippen molar-refractivity contribution in [3.05, 3.63) is 0 Å². The number of ether oxygens (including phenoxy) is 4. The van der Waals surface area contributed by atoms with Crippen molar-refractivity contribution < 1.29 is 80.2 Å². The highest BCUT2D eigenvalue weighted by Crippen LogP contribution is 2.45. The van der Waals surface area contributed by atoms with Crippen molar-refractivity contribution >= 4 is 39.5 Å². The van der Waals surface area contributed by atoms with Gasteiger partial charge in [0.1, 0.15) is 19.3 Å². The van der Waals surface area contributed by atoms with Gasteiger partial charge in [0.05, 0.1) is 26.4 Å². The summed E-state index contributed by atoms with van der Waals surface area (Å²) in [5.41, 5.74) is 0. The van der Waals surface area contributed by atoms with Gasteiger partial charge in [-0.15, -0.1) is 0 Å². The van der Waals surface area contributed by atoms with Crippen LogP contribution in [0, 0.1) is 17.8 Å². The lowest BCUT2D eigenvalue weighted by molar-refractivity contribution is -0.161. The molecule has 17 nitrogen and oxygen atoms in total. The van der Waals surface area contributed by atoms with Gasteiger partial charge >= 0.3 is 39.5 Å². The molecule has 2 unspecified atom stereocenters.